The number of ether oxygens (including phenoxy) is 2. The smallest absolute Gasteiger partial charge is 0.310 e. The molecule has 6 nitrogen and oxygen atoms in total. The predicted molar refractivity (Wildman–Crippen MR) is 79.6 cm³/mol. The molecule has 0 aliphatic carbocycles. The molecule has 0 atom stereocenters. The molecule has 0 amide bonds. The molecule has 0 aliphatic heterocycles. The van der Waals surface area contributed by atoms with Crippen LogP contribution in [0.4, 0.5) is 0 Å². The van der Waals surface area contributed by atoms with Gasteiger partial charge >= 0.3 is 11.9 Å². The molecule has 0 fully saturated rings. The van der Waals surface area contributed by atoms with E-state index in [9.17, 15) is 19.8 Å². The predicted octanol–water partition coefficient (Wildman–Crippen LogP) is 2.09. The molecule has 0 aliphatic rings. The quantitative estimate of drug-likeness (QED) is 0.617. The lowest BCUT2D eigenvalue weighted by atomic mass is 10.0. The van der Waals surface area contributed by atoms with E-state index in [1.807, 2.05) is 0 Å². The molecule has 122 valence electrons. The highest BCUT2D eigenvalue weighted by Gasteiger charge is 2.16. The first kappa shape index (κ1) is 17.8. The molecule has 22 heavy (non-hydrogen) atoms. The minimum atomic E-state index is -0.503. The van der Waals surface area contributed by atoms with Crippen molar-refractivity contribution in [3.63, 3.8) is 0 Å². The standard InChI is InChI=1S/C16H22O6/c1-9(2)21-15(19)7-11-5-14(18)12(6-13(11)17)8-16(20)22-10(3)4/h5-6,9-10,17-18H,7-8H2,1-4H3. The second-order valence-corrected chi connectivity index (χ2v) is 5.54. The molecule has 0 saturated carbocycles. The molecule has 1 rings (SSSR count). The first-order chi connectivity index (χ1) is 10.2. The lowest BCUT2D eigenvalue weighted by Crippen LogP contribution is -2.15. The average molecular weight is 310 g/mol. The first-order valence-corrected chi connectivity index (χ1v) is 7.11. The topological polar surface area (TPSA) is 93.1 Å². The minimum absolute atomic E-state index is 0.158. The van der Waals surface area contributed by atoms with E-state index in [0.717, 1.165) is 0 Å². The van der Waals surface area contributed by atoms with E-state index in [1.54, 1.807) is 27.7 Å². The molecule has 0 heterocycles. The fraction of sp³-hybridized carbons (Fsp3) is 0.500. The van der Waals surface area contributed by atoms with Gasteiger partial charge in [-0.15, -0.1) is 0 Å². The fourth-order valence-electron chi connectivity index (χ4n) is 1.87. The molecule has 0 saturated heterocycles. The van der Waals surface area contributed by atoms with Crippen LogP contribution in [0.5, 0.6) is 11.5 Å². The number of carbonyl (C=O) groups excluding carboxylic acids is 2. The molecular weight excluding hydrogens is 288 g/mol. The number of rotatable bonds is 6. The zero-order chi connectivity index (χ0) is 16.9. The number of aromatic hydroxyl groups is 2. The Morgan fingerprint density at radius 1 is 0.864 bits per heavy atom. The number of carbonyl (C=O) groups is 2. The van der Waals surface area contributed by atoms with Gasteiger partial charge in [0, 0.05) is 11.1 Å². The van der Waals surface area contributed by atoms with Gasteiger partial charge in [-0.05, 0) is 39.8 Å². The van der Waals surface area contributed by atoms with Crippen LogP contribution in [0, 0.1) is 0 Å². The highest BCUT2D eigenvalue weighted by atomic mass is 16.5. The maximum absolute atomic E-state index is 11.6. The Balaban J connectivity index is 2.83. The summed E-state index contributed by atoms with van der Waals surface area (Å²) in [6, 6.07) is 2.52. The highest BCUT2D eigenvalue weighted by Crippen LogP contribution is 2.28. The second kappa shape index (κ2) is 7.68. The molecule has 0 unspecified atom stereocenters. The number of phenolic OH excluding ortho intramolecular Hbond substituents is 2. The summed E-state index contributed by atoms with van der Waals surface area (Å²) in [6.45, 7) is 6.88. The summed E-state index contributed by atoms with van der Waals surface area (Å²) in [5.74, 6) is -1.36. The normalized spacial score (nSPS) is 10.8. The van der Waals surface area contributed by atoms with Gasteiger partial charge < -0.3 is 19.7 Å². The van der Waals surface area contributed by atoms with Gasteiger partial charge in [-0.2, -0.15) is 0 Å². The molecule has 2 N–H and O–H groups in total. The van der Waals surface area contributed by atoms with Crippen molar-refractivity contribution < 1.29 is 29.3 Å². The summed E-state index contributed by atoms with van der Waals surface area (Å²) in [5, 5.41) is 19.8. The third-order valence-electron chi connectivity index (χ3n) is 2.68. The Morgan fingerprint density at radius 2 is 1.18 bits per heavy atom. The number of esters is 2. The van der Waals surface area contributed by atoms with Gasteiger partial charge in [0.25, 0.3) is 0 Å². The van der Waals surface area contributed by atoms with Gasteiger partial charge in [0.05, 0.1) is 25.0 Å². The molecule has 0 bridgehead atoms. The molecule has 0 spiro atoms. The average Bonchev–Trinajstić information content (AvgIpc) is 2.33. The largest absolute Gasteiger partial charge is 0.508 e. The summed E-state index contributed by atoms with van der Waals surface area (Å²) < 4.78 is 9.96. The van der Waals surface area contributed by atoms with Gasteiger partial charge in [0.15, 0.2) is 0 Å². The third kappa shape index (κ3) is 5.63. The van der Waals surface area contributed by atoms with Gasteiger partial charge in [0.2, 0.25) is 0 Å². The zero-order valence-corrected chi connectivity index (χ0v) is 13.3. The van der Waals surface area contributed by atoms with Gasteiger partial charge in [-0.3, -0.25) is 9.59 Å². The summed E-state index contributed by atoms with van der Waals surface area (Å²) in [6.07, 6.45) is -0.829. The molecule has 0 radical (unpaired) electrons. The fourth-order valence-corrected chi connectivity index (χ4v) is 1.87. The molecular formula is C16H22O6. The van der Waals surface area contributed by atoms with Crippen molar-refractivity contribution in [1.82, 2.24) is 0 Å². The number of phenols is 2. The molecule has 1 aromatic carbocycles. The van der Waals surface area contributed by atoms with E-state index in [2.05, 4.69) is 0 Å². The summed E-state index contributed by atoms with van der Waals surface area (Å²) in [5.41, 5.74) is 0.480. The molecule has 1 aromatic rings. The Labute approximate surface area is 129 Å². The minimum Gasteiger partial charge on any atom is -0.508 e. The van der Waals surface area contributed by atoms with Crippen molar-refractivity contribution in [2.24, 2.45) is 0 Å². The van der Waals surface area contributed by atoms with Crippen LogP contribution in [0.25, 0.3) is 0 Å². The van der Waals surface area contributed by atoms with Crippen LogP contribution in [0.1, 0.15) is 38.8 Å². The summed E-state index contributed by atoms with van der Waals surface area (Å²) >= 11 is 0. The van der Waals surface area contributed by atoms with Crippen LogP contribution < -0.4 is 0 Å². The lowest BCUT2D eigenvalue weighted by Gasteiger charge is -2.12. The molecule has 6 heteroatoms. The SMILES string of the molecule is CC(C)OC(=O)Cc1cc(O)c(CC(=O)OC(C)C)cc1O. The first-order valence-electron chi connectivity index (χ1n) is 7.11. The van der Waals surface area contributed by atoms with Gasteiger partial charge in [0.1, 0.15) is 11.5 Å². The van der Waals surface area contributed by atoms with E-state index in [0.29, 0.717) is 0 Å². The summed E-state index contributed by atoms with van der Waals surface area (Å²) in [4.78, 5) is 23.2. The molecule has 0 aromatic heterocycles. The van der Waals surface area contributed by atoms with Crippen molar-refractivity contribution in [3.8, 4) is 11.5 Å². The van der Waals surface area contributed by atoms with E-state index >= 15 is 0 Å². The van der Waals surface area contributed by atoms with E-state index in [-0.39, 0.29) is 47.7 Å². The number of hydrogen-bond acceptors (Lipinski definition) is 6. The van der Waals surface area contributed by atoms with Crippen molar-refractivity contribution >= 4 is 11.9 Å². The van der Waals surface area contributed by atoms with Crippen LogP contribution in [0.15, 0.2) is 12.1 Å². The van der Waals surface area contributed by atoms with Crippen LogP contribution >= 0.6 is 0 Å². The van der Waals surface area contributed by atoms with Crippen molar-refractivity contribution in [2.45, 2.75) is 52.7 Å². The third-order valence-corrected chi connectivity index (χ3v) is 2.68. The van der Waals surface area contributed by atoms with E-state index in [4.69, 9.17) is 9.47 Å². The van der Waals surface area contributed by atoms with Crippen molar-refractivity contribution in [2.75, 3.05) is 0 Å². The summed E-state index contributed by atoms with van der Waals surface area (Å²) in [7, 11) is 0. The Bertz CT molecular complexity index is 498. The second-order valence-electron chi connectivity index (χ2n) is 5.54. The van der Waals surface area contributed by atoms with Crippen molar-refractivity contribution in [1.29, 1.82) is 0 Å². The van der Waals surface area contributed by atoms with Crippen molar-refractivity contribution in [3.05, 3.63) is 23.3 Å². The van der Waals surface area contributed by atoms with Gasteiger partial charge in [-0.25, -0.2) is 0 Å². The highest BCUT2D eigenvalue weighted by molar-refractivity contribution is 5.76. The Hall–Kier alpha value is -2.24. The maximum atomic E-state index is 11.6. The van der Waals surface area contributed by atoms with Crippen LogP contribution in [-0.4, -0.2) is 34.4 Å². The van der Waals surface area contributed by atoms with E-state index < -0.39 is 11.9 Å². The monoisotopic (exact) mass is 310 g/mol. The lowest BCUT2D eigenvalue weighted by molar-refractivity contribution is -0.147. The Morgan fingerprint density at radius 3 is 1.45 bits per heavy atom. The number of benzene rings is 1. The van der Waals surface area contributed by atoms with Crippen LogP contribution in [-0.2, 0) is 31.9 Å². The maximum Gasteiger partial charge on any atom is 0.310 e. The van der Waals surface area contributed by atoms with E-state index in [1.165, 1.54) is 12.1 Å². The van der Waals surface area contributed by atoms with Crippen LogP contribution in [0.3, 0.4) is 0 Å². The zero-order valence-electron chi connectivity index (χ0n) is 13.3. The van der Waals surface area contributed by atoms with Crippen LogP contribution in [0.2, 0.25) is 0 Å². The Kier molecular flexibility index (Phi) is 6.22. The number of hydrogen-bond donors (Lipinski definition) is 2. The van der Waals surface area contributed by atoms with Gasteiger partial charge in [-0.1, -0.05) is 0 Å².